The van der Waals surface area contributed by atoms with Crippen LogP contribution in [0, 0.1) is 5.41 Å². The summed E-state index contributed by atoms with van der Waals surface area (Å²) >= 11 is 0. The van der Waals surface area contributed by atoms with E-state index in [2.05, 4.69) is 10.3 Å². The van der Waals surface area contributed by atoms with E-state index in [1.807, 2.05) is 0 Å². The minimum absolute atomic E-state index is 0.0197. The maximum absolute atomic E-state index is 13.3. The summed E-state index contributed by atoms with van der Waals surface area (Å²) in [6.45, 7) is 18.6. The van der Waals surface area contributed by atoms with Crippen molar-refractivity contribution in [3.8, 4) is 0 Å². The molecule has 1 aliphatic heterocycles. The van der Waals surface area contributed by atoms with Gasteiger partial charge in [-0.15, -0.1) is 0 Å². The lowest BCUT2D eigenvalue weighted by molar-refractivity contribution is -0.221. The highest BCUT2D eigenvalue weighted by Gasteiger charge is 2.63. The minimum atomic E-state index is -1.14. The SMILES string of the molecule is CC(C)(C)OC(=O)N=C(CCCC(=O)C1(C)C(C)(C)OC(=O)OC1(C)C)NC(=O)OC(C)(C)C. The Balaban J connectivity index is 3.00. The summed E-state index contributed by atoms with van der Waals surface area (Å²) in [5.41, 5.74) is -4.87. The number of nitrogens with one attached hydrogen (secondary N) is 1. The van der Waals surface area contributed by atoms with Crippen molar-refractivity contribution in [2.45, 2.75) is 118 Å². The number of carbonyl (C=O) groups is 4. The van der Waals surface area contributed by atoms with Crippen LogP contribution in [-0.4, -0.2) is 52.4 Å². The number of nitrogens with zero attached hydrogens (tertiary/aromatic N) is 1. The first-order chi connectivity index (χ1) is 15.1. The number of ketones is 1. The standard InChI is InChI=1S/C24H40N2O8/c1-20(2,3)31-17(28)25-16(26-18(29)32-21(4,5)6)14-12-13-15(27)24(11)22(7,8)33-19(30)34-23(24,9)10/h12-14H2,1-11H3,(H,25,26,28,29). The Morgan fingerprint density at radius 2 is 1.32 bits per heavy atom. The van der Waals surface area contributed by atoms with Gasteiger partial charge in [-0.05, 0) is 82.6 Å². The van der Waals surface area contributed by atoms with Crippen molar-refractivity contribution in [2.24, 2.45) is 10.4 Å². The molecule has 2 amide bonds. The van der Waals surface area contributed by atoms with E-state index in [1.54, 1.807) is 76.2 Å². The fourth-order valence-corrected chi connectivity index (χ4v) is 3.67. The largest absolute Gasteiger partial charge is 0.509 e. The molecule has 34 heavy (non-hydrogen) atoms. The van der Waals surface area contributed by atoms with Gasteiger partial charge >= 0.3 is 18.3 Å². The van der Waals surface area contributed by atoms with E-state index in [-0.39, 0.29) is 30.9 Å². The van der Waals surface area contributed by atoms with E-state index in [4.69, 9.17) is 18.9 Å². The third kappa shape index (κ3) is 7.70. The molecule has 1 N–H and O–H groups in total. The Bertz CT molecular complexity index is 824. The maximum atomic E-state index is 13.3. The molecule has 0 spiro atoms. The van der Waals surface area contributed by atoms with Gasteiger partial charge in [-0.3, -0.25) is 10.1 Å². The smallest absolute Gasteiger partial charge is 0.444 e. The third-order valence-corrected chi connectivity index (χ3v) is 5.73. The monoisotopic (exact) mass is 484 g/mol. The minimum Gasteiger partial charge on any atom is -0.444 e. The number of Topliss-reactive ketones (excluding diaryl/α,β-unsaturated/α-hetero) is 1. The lowest BCUT2D eigenvalue weighted by Crippen LogP contribution is -2.66. The molecule has 10 heteroatoms. The quantitative estimate of drug-likeness (QED) is 0.240. The Morgan fingerprint density at radius 1 is 0.853 bits per heavy atom. The number of ether oxygens (including phenoxy) is 4. The fourth-order valence-electron chi connectivity index (χ4n) is 3.67. The van der Waals surface area contributed by atoms with Crippen LogP contribution in [0.2, 0.25) is 0 Å². The first kappa shape index (κ1) is 29.4. The van der Waals surface area contributed by atoms with Crippen molar-refractivity contribution in [1.29, 1.82) is 0 Å². The molecular weight excluding hydrogens is 444 g/mol. The number of carbonyl (C=O) groups excluding carboxylic acids is 4. The van der Waals surface area contributed by atoms with Crippen LogP contribution in [0.1, 0.15) is 95.4 Å². The molecule has 0 aromatic rings. The van der Waals surface area contributed by atoms with E-state index in [1.165, 1.54) is 0 Å². The second kappa shape index (κ2) is 9.92. The second-order valence-electron chi connectivity index (χ2n) is 11.5. The molecule has 194 valence electrons. The molecule has 0 aliphatic carbocycles. The van der Waals surface area contributed by atoms with Crippen molar-refractivity contribution in [3.63, 3.8) is 0 Å². The van der Waals surface area contributed by atoms with Gasteiger partial charge in [0.25, 0.3) is 0 Å². The van der Waals surface area contributed by atoms with E-state index < -0.39 is 46.2 Å². The van der Waals surface area contributed by atoms with Gasteiger partial charge in [0.05, 0.1) is 0 Å². The van der Waals surface area contributed by atoms with Gasteiger partial charge in [0, 0.05) is 12.8 Å². The van der Waals surface area contributed by atoms with Gasteiger partial charge in [0.2, 0.25) is 0 Å². The molecule has 0 aromatic carbocycles. The maximum Gasteiger partial charge on any atom is 0.509 e. The predicted octanol–water partition coefficient (Wildman–Crippen LogP) is 5.31. The first-order valence-electron chi connectivity index (χ1n) is 11.4. The summed E-state index contributed by atoms with van der Waals surface area (Å²) in [5.74, 6) is -0.171. The second-order valence-corrected chi connectivity index (χ2v) is 11.5. The van der Waals surface area contributed by atoms with Crippen LogP contribution in [0.5, 0.6) is 0 Å². The van der Waals surface area contributed by atoms with Crippen molar-refractivity contribution in [2.75, 3.05) is 0 Å². The van der Waals surface area contributed by atoms with E-state index in [0.29, 0.717) is 0 Å². The average Bonchev–Trinajstić information content (AvgIpc) is 2.54. The molecule has 0 unspecified atom stereocenters. The summed E-state index contributed by atoms with van der Waals surface area (Å²) in [6.07, 6.45) is -2.05. The number of amidine groups is 1. The average molecular weight is 485 g/mol. The van der Waals surface area contributed by atoms with Gasteiger partial charge in [0.1, 0.15) is 39.4 Å². The number of hydrogen-bond donors (Lipinski definition) is 1. The molecule has 0 saturated carbocycles. The summed E-state index contributed by atoms with van der Waals surface area (Å²) in [7, 11) is 0. The highest BCUT2D eigenvalue weighted by molar-refractivity contribution is 6.00. The normalized spacial score (nSPS) is 19.4. The van der Waals surface area contributed by atoms with Gasteiger partial charge in [0.15, 0.2) is 0 Å². The first-order valence-corrected chi connectivity index (χ1v) is 11.4. The highest BCUT2D eigenvalue weighted by atomic mass is 16.8. The van der Waals surface area contributed by atoms with Crippen LogP contribution in [-0.2, 0) is 23.7 Å². The number of aliphatic imine (C=N–C) groups is 1. The number of hydrogen-bond acceptors (Lipinski definition) is 8. The molecular formula is C24H40N2O8. The van der Waals surface area contributed by atoms with Gasteiger partial charge < -0.3 is 18.9 Å². The van der Waals surface area contributed by atoms with Crippen LogP contribution in [0.15, 0.2) is 4.99 Å². The molecule has 0 aromatic heterocycles. The molecule has 0 radical (unpaired) electrons. The Labute approximate surface area is 202 Å². The Kier molecular flexibility index (Phi) is 8.57. The Morgan fingerprint density at radius 3 is 1.76 bits per heavy atom. The number of cyclic esters (lactones) is 2. The van der Waals surface area contributed by atoms with Gasteiger partial charge in [-0.1, -0.05) is 0 Å². The summed E-state index contributed by atoms with van der Waals surface area (Å²) in [6, 6.07) is 0. The molecule has 1 saturated heterocycles. The van der Waals surface area contributed by atoms with Crippen molar-refractivity contribution in [1.82, 2.24) is 5.32 Å². The van der Waals surface area contributed by atoms with Crippen LogP contribution in [0.4, 0.5) is 14.4 Å². The molecule has 1 heterocycles. The summed E-state index contributed by atoms with van der Waals surface area (Å²) in [5, 5.41) is 2.47. The van der Waals surface area contributed by atoms with Crippen molar-refractivity contribution >= 4 is 30.0 Å². The number of rotatable bonds is 5. The lowest BCUT2D eigenvalue weighted by Gasteiger charge is -2.53. The molecule has 1 aliphatic rings. The molecule has 1 rings (SSSR count). The molecule has 0 atom stereocenters. The van der Waals surface area contributed by atoms with Gasteiger partial charge in [-0.2, -0.15) is 4.99 Å². The predicted molar refractivity (Wildman–Crippen MR) is 126 cm³/mol. The molecule has 10 nitrogen and oxygen atoms in total. The zero-order valence-electron chi connectivity index (χ0n) is 22.3. The van der Waals surface area contributed by atoms with Gasteiger partial charge in [-0.25, -0.2) is 14.4 Å². The van der Waals surface area contributed by atoms with E-state index in [9.17, 15) is 19.2 Å². The van der Waals surface area contributed by atoms with Crippen molar-refractivity contribution < 1.29 is 38.1 Å². The zero-order chi connectivity index (χ0) is 26.8. The Hall–Kier alpha value is -2.65. The van der Waals surface area contributed by atoms with Crippen LogP contribution >= 0.6 is 0 Å². The van der Waals surface area contributed by atoms with Crippen LogP contribution < -0.4 is 5.32 Å². The fraction of sp³-hybridized carbons (Fsp3) is 0.792. The lowest BCUT2D eigenvalue weighted by atomic mass is 9.61. The van der Waals surface area contributed by atoms with Crippen LogP contribution in [0.25, 0.3) is 0 Å². The van der Waals surface area contributed by atoms with E-state index >= 15 is 0 Å². The third-order valence-electron chi connectivity index (χ3n) is 5.73. The summed E-state index contributed by atoms with van der Waals surface area (Å²) in [4.78, 5) is 53.5. The molecule has 1 fully saturated rings. The highest BCUT2D eigenvalue weighted by Crippen LogP contribution is 2.50. The topological polar surface area (TPSA) is 130 Å². The summed E-state index contributed by atoms with van der Waals surface area (Å²) < 4.78 is 21.1. The number of alkyl carbamates (subject to hydrolysis) is 1. The van der Waals surface area contributed by atoms with Crippen LogP contribution in [0.3, 0.4) is 0 Å². The van der Waals surface area contributed by atoms with Crippen molar-refractivity contribution in [3.05, 3.63) is 0 Å². The zero-order valence-corrected chi connectivity index (χ0v) is 22.3. The number of amides is 2. The molecule has 0 bridgehead atoms. The van der Waals surface area contributed by atoms with E-state index in [0.717, 1.165) is 0 Å².